The molecule has 0 radical (unpaired) electrons. The number of amides is 1. The van der Waals surface area contributed by atoms with Gasteiger partial charge in [-0.05, 0) is 61.5 Å². The van der Waals surface area contributed by atoms with Crippen LogP contribution in [0.4, 0.5) is 15.8 Å². The molecular formula is C22H21FN2O4S2. The highest BCUT2D eigenvalue weighted by atomic mass is 32.2. The lowest BCUT2D eigenvalue weighted by Crippen LogP contribution is -2.22. The number of anilines is 2. The van der Waals surface area contributed by atoms with Crippen LogP contribution in [0.15, 0.2) is 82.6 Å². The molecule has 0 saturated heterocycles. The second-order valence-electron chi connectivity index (χ2n) is 6.54. The molecule has 3 rings (SSSR count). The molecule has 0 heterocycles. The molecule has 1 amide bonds. The minimum atomic E-state index is -3.98. The Bertz CT molecular complexity index is 1150. The second-order valence-corrected chi connectivity index (χ2v) is 9.63. The van der Waals surface area contributed by atoms with Gasteiger partial charge in [0.05, 0.1) is 22.9 Å². The number of nitrogens with one attached hydrogen (secondary N) is 2. The Hall–Kier alpha value is -3.04. The summed E-state index contributed by atoms with van der Waals surface area (Å²) in [7, 11) is -2.57. The van der Waals surface area contributed by atoms with Gasteiger partial charge in [0, 0.05) is 10.6 Å². The Balaban J connectivity index is 1.77. The van der Waals surface area contributed by atoms with Crippen LogP contribution in [-0.2, 0) is 14.8 Å². The molecule has 6 nitrogen and oxygen atoms in total. The summed E-state index contributed by atoms with van der Waals surface area (Å²) in [5.74, 6) is -0.495. The third-order valence-corrected chi connectivity index (χ3v) is 6.75. The topological polar surface area (TPSA) is 84.5 Å². The number of carbonyl (C=O) groups excluding carboxylic acids is 1. The van der Waals surface area contributed by atoms with E-state index in [2.05, 4.69) is 10.0 Å². The number of halogens is 1. The van der Waals surface area contributed by atoms with Crippen molar-refractivity contribution in [3.8, 4) is 5.75 Å². The molecule has 31 heavy (non-hydrogen) atoms. The first kappa shape index (κ1) is 22.6. The molecule has 0 aliphatic carbocycles. The number of methoxy groups -OCH3 is 1. The van der Waals surface area contributed by atoms with Crippen molar-refractivity contribution in [1.29, 1.82) is 0 Å². The number of thioether (sulfide) groups is 1. The Labute approximate surface area is 184 Å². The fourth-order valence-corrected chi connectivity index (χ4v) is 4.63. The maximum absolute atomic E-state index is 13.1. The SMILES string of the molecule is COc1ccc(NC(=O)C(C)Sc2ccccc2)cc1NS(=O)(=O)c1ccc(F)cc1. The third kappa shape index (κ3) is 5.99. The minimum Gasteiger partial charge on any atom is -0.495 e. The summed E-state index contributed by atoms with van der Waals surface area (Å²) >= 11 is 1.41. The average Bonchev–Trinajstić information content (AvgIpc) is 2.74. The van der Waals surface area contributed by atoms with Gasteiger partial charge in [-0.25, -0.2) is 12.8 Å². The van der Waals surface area contributed by atoms with Gasteiger partial charge >= 0.3 is 0 Å². The van der Waals surface area contributed by atoms with Crippen LogP contribution in [0.2, 0.25) is 0 Å². The van der Waals surface area contributed by atoms with Gasteiger partial charge in [-0.1, -0.05) is 18.2 Å². The van der Waals surface area contributed by atoms with E-state index in [9.17, 15) is 17.6 Å². The number of ether oxygens (including phenoxy) is 1. The lowest BCUT2D eigenvalue weighted by molar-refractivity contribution is -0.115. The summed E-state index contributed by atoms with van der Waals surface area (Å²) in [6.45, 7) is 1.79. The molecule has 9 heteroatoms. The number of rotatable bonds is 8. The summed E-state index contributed by atoms with van der Waals surface area (Å²) in [6.07, 6.45) is 0. The largest absolute Gasteiger partial charge is 0.495 e. The maximum Gasteiger partial charge on any atom is 0.262 e. The van der Waals surface area contributed by atoms with Gasteiger partial charge in [0.15, 0.2) is 0 Å². The van der Waals surface area contributed by atoms with Crippen molar-refractivity contribution in [3.05, 3.63) is 78.6 Å². The Morgan fingerprint density at radius 2 is 1.71 bits per heavy atom. The van der Waals surface area contributed by atoms with E-state index >= 15 is 0 Å². The summed E-state index contributed by atoms with van der Waals surface area (Å²) in [6, 6.07) is 18.6. The van der Waals surface area contributed by atoms with Crippen LogP contribution >= 0.6 is 11.8 Å². The molecule has 3 aromatic carbocycles. The first-order valence-corrected chi connectivity index (χ1v) is 11.6. The van der Waals surface area contributed by atoms with E-state index in [0.717, 1.165) is 29.2 Å². The van der Waals surface area contributed by atoms with Crippen molar-refractivity contribution in [1.82, 2.24) is 0 Å². The lowest BCUT2D eigenvalue weighted by Gasteiger charge is -2.15. The van der Waals surface area contributed by atoms with E-state index < -0.39 is 15.8 Å². The predicted octanol–water partition coefficient (Wildman–Crippen LogP) is 4.75. The van der Waals surface area contributed by atoms with Crippen molar-refractivity contribution in [3.63, 3.8) is 0 Å². The van der Waals surface area contributed by atoms with Gasteiger partial charge < -0.3 is 10.1 Å². The highest BCUT2D eigenvalue weighted by Crippen LogP contribution is 2.31. The Morgan fingerprint density at radius 3 is 2.35 bits per heavy atom. The van der Waals surface area contributed by atoms with E-state index in [-0.39, 0.29) is 27.5 Å². The normalized spacial score (nSPS) is 12.1. The number of hydrogen-bond donors (Lipinski definition) is 2. The van der Waals surface area contributed by atoms with Gasteiger partial charge in [0.25, 0.3) is 10.0 Å². The van der Waals surface area contributed by atoms with Crippen LogP contribution in [0.25, 0.3) is 0 Å². The van der Waals surface area contributed by atoms with Crippen molar-refractivity contribution >= 4 is 39.1 Å². The van der Waals surface area contributed by atoms with Crippen molar-refractivity contribution in [2.24, 2.45) is 0 Å². The summed E-state index contributed by atoms with van der Waals surface area (Å²) in [5.41, 5.74) is 0.552. The van der Waals surface area contributed by atoms with Crippen molar-refractivity contribution in [2.45, 2.75) is 22.0 Å². The molecule has 1 atom stereocenters. The highest BCUT2D eigenvalue weighted by molar-refractivity contribution is 8.00. The highest BCUT2D eigenvalue weighted by Gasteiger charge is 2.19. The molecular weight excluding hydrogens is 439 g/mol. The molecule has 0 spiro atoms. The quantitative estimate of drug-likeness (QED) is 0.474. The Kier molecular flexibility index (Phi) is 7.19. The molecule has 3 aromatic rings. The lowest BCUT2D eigenvalue weighted by atomic mass is 10.2. The van der Waals surface area contributed by atoms with Gasteiger partial charge in [-0.3, -0.25) is 9.52 Å². The van der Waals surface area contributed by atoms with E-state index in [0.29, 0.717) is 5.69 Å². The van der Waals surface area contributed by atoms with Crippen LogP contribution in [0.1, 0.15) is 6.92 Å². The first-order valence-electron chi connectivity index (χ1n) is 9.27. The van der Waals surface area contributed by atoms with Gasteiger partial charge in [-0.2, -0.15) is 0 Å². The fourth-order valence-electron chi connectivity index (χ4n) is 2.68. The van der Waals surface area contributed by atoms with E-state index in [1.165, 1.54) is 24.9 Å². The number of benzene rings is 3. The van der Waals surface area contributed by atoms with E-state index in [1.54, 1.807) is 19.1 Å². The van der Waals surface area contributed by atoms with Crippen molar-refractivity contribution in [2.75, 3.05) is 17.1 Å². The zero-order valence-electron chi connectivity index (χ0n) is 16.8. The van der Waals surface area contributed by atoms with Gasteiger partial charge in [0.1, 0.15) is 11.6 Å². The van der Waals surface area contributed by atoms with Crippen molar-refractivity contribution < 1.29 is 22.3 Å². The zero-order chi connectivity index (χ0) is 22.4. The monoisotopic (exact) mass is 460 g/mol. The molecule has 0 saturated carbocycles. The molecule has 0 aromatic heterocycles. The van der Waals surface area contributed by atoms with E-state index in [1.807, 2.05) is 30.3 Å². The molecule has 1 unspecified atom stereocenters. The predicted molar refractivity (Wildman–Crippen MR) is 121 cm³/mol. The van der Waals surface area contributed by atoms with Gasteiger partial charge in [-0.15, -0.1) is 11.8 Å². The summed E-state index contributed by atoms with van der Waals surface area (Å²) in [5, 5.41) is 2.42. The Morgan fingerprint density at radius 1 is 1.03 bits per heavy atom. The van der Waals surface area contributed by atoms with Gasteiger partial charge in [0.2, 0.25) is 5.91 Å². The average molecular weight is 461 g/mol. The minimum absolute atomic E-state index is 0.0988. The van der Waals surface area contributed by atoms with Crippen LogP contribution in [0.5, 0.6) is 5.75 Å². The number of hydrogen-bond acceptors (Lipinski definition) is 5. The fraction of sp³-hybridized carbons (Fsp3) is 0.136. The standard InChI is InChI=1S/C22H21FN2O4S2/c1-15(30-18-6-4-3-5-7-18)22(26)24-17-10-13-21(29-2)20(14-17)25-31(27,28)19-11-8-16(23)9-12-19/h3-15,25H,1-2H3,(H,24,26). The van der Waals surface area contributed by atoms with Crippen LogP contribution in [0, 0.1) is 5.82 Å². The number of carbonyl (C=O) groups is 1. The first-order chi connectivity index (χ1) is 14.8. The second kappa shape index (κ2) is 9.84. The maximum atomic E-state index is 13.1. The molecule has 0 aliphatic rings. The van der Waals surface area contributed by atoms with E-state index in [4.69, 9.17) is 4.74 Å². The van der Waals surface area contributed by atoms with Crippen LogP contribution < -0.4 is 14.8 Å². The molecule has 2 N–H and O–H groups in total. The summed E-state index contributed by atoms with van der Waals surface area (Å²) in [4.78, 5) is 13.5. The van der Waals surface area contributed by atoms with Crippen LogP contribution in [-0.4, -0.2) is 26.7 Å². The smallest absolute Gasteiger partial charge is 0.262 e. The third-order valence-electron chi connectivity index (χ3n) is 4.26. The zero-order valence-corrected chi connectivity index (χ0v) is 18.5. The number of sulfonamides is 1. The molecule has 0 bridgehead atoms. The molecule has 0 fully saturated rings. The molecule has 162 valence electrons. The summed E-state index contributed by atoms with van der Waals surface area (Å²) < 4.78 is 46.1. The van der Waals surface area contributed by atoms with Crippen LogP contribution in [0.3, 0.4) is 0 Å². The molecule has 0 aliphatic heterocycles.